The Morgan fingerprint density at radius 2 is 2.07 bits per heavy atom. The summed E-state index contributed by atoms with van der Waals surface area (Å²) in [5.74, 6) is 0.693. The number of hydrogen-bond donors (Lipinski definition) is 2. The summed E-state index contributed by atoms with van der Waals surface area (Å²) in [6.07, 6.45) is 3.99. The van der Waals surface area contributed by atoms with Gasteiger partial charge < -0.3 is 15.3 Å². The van der Waals surface area contributed by atoms with Crippen LogP contribution in [0.5, 0.6) is 0 Å². The van der Waals surface area contributed by atoms with Crippen LogP contribution >= 0.6 is 0 Å². The minimum atomic E-state index is -1.01. The van der Waals surface area contributed by atoms with Crippen LogP contribution < -0.4 is 10.2 Å². The van der Waals surface area contributed by atoms with Crippen LogP contribution in [0.25, 0.3) is 0 Å². The third-order valence-electron chi connectivity index (χ3n) is 6.03. The van der Waals surface area contributed by atoms with Gasteiger partial charge in [0.2, 0.25) is 5.91 Å². The van der Waals surface area contributed by atoms with Gasteiger partial charge in [0.1, 0.15) is 23.5 Å². The predicted molar refractivity (Wildman–Crippen MR) is 120 cm³/mol. The van der Waals surface area contributed by atoms with Gasteiger partial charge in [0, 0.05) is 25.3 Å². The topological polar surface area (TPSA) is 101 Å². The number of piperidine rings is 1. The van der Waals surface area contributed by atoms with Crippen LogP contribution in [0.15, 0.2) is 22.1 Å². The Morgan fingerprint density at radius 3 is 2.63 bits per heavy atom. The van der Waals surface area contributed by atoms with Crippen molar-refractivity contribution in [3.63, 3.8) is 0 Å². The Balaban J connectivity index is 1.90. The molecule has 1 aliphatic heterocycles. The van der Waals surface area contributed by atoms with E-state index >= 15 is 0 Å². The molecule has 0 bridgehead atoms. The van der Waals surface area contributed by atoms with Gasteiger partial charge in [0.15, 0.2) is 0 Å². The fraction of sp³-hybridized carbons (Fsp3) is 0.565. The van der Waals surface area contributed by atoms with Crippen LogP contribution in [0.2, 0.25) is 0 Å². The maximum absolute atomic E-state index is 12.5. The first-order valence-electron chi connectivity index (χ1n) is 10.6. The largest absolute Gasteiger partial charge is 0.383 e. The van der Waals surface area contributed by atoms with Crippen LogP contribution in [0.3, 0.4) is 0 Å². The zero-order valence-electron chi connectivity index (χ0n) is 18.0. The smallest absolute Gasteiger partial charge is 0.249 e. The second kappa shape index (κ2) is 9.40. The number of amides is 1. The van der Waals surface area contributed by atoms with Crippen LogP contribution in [-0.2, 0) is 4.79 Å². The van der Waals surface area contributed by atoms with E-state index in [9.17, 15) is 15.2 Å². The molecule has 1 aromatic carbocycles. The molecule has 7 nitrogen and oxygen atoms in total. The third kappa shape index (κ3) is 4.71. The second-order valence-electron chi connectivity index (χ2n) is 8.62. The molecule has 2 N–H and O–H groups in total. The fourth-order valence-corrected chi connectivity index (χ4v) is 4.27. The number of nitrogens with zero attached hydrogens (tertiary/aromatic N) is 4. The third-order valence-corrected chi connectivity index (χ3v) is 6.03. The van der Waals surface area contributed by atoms with Crippen molar-refractivity contribution < 1.29 is 9.90 Å². The van der Waals surface area contributed by atoms with Crippen molar-refractivity contribution in [2.24, 2.45) is 27.7 Å². The summed E-state index contributed by atoms with van der Waals surface area (Å²) in [6.45, 7) is 10.7. The van der Waals surface area contributed by atoms with Crippen molar-refractivity contribution in [3.8, 4) is 6.07 Å². The lowest BCUT2D eigenvalue weighted by Gasteiger charge is -2.40. The minimum absolute atomic E-state index is 0.0586. The molecular weight excluding hydrogens is 378 g/mol. The molecule has 1 aliphatic carbocycles. The lowest BCUT2D eigenvalue weighted by Crippen LogP contribution is -2.53. The van der Waals surface area contributed by atoms with Gasteiger partial charge in [0.25, 0.3) is 0 Å². The zero-order chi connectivity index (χ0) is 21.8. The van der Waals surface area contributed by atoms with Gasteiger partial charge in [-0.15, -0.1) is 0 Å². The van der Waals surface area contributed by atoms with Crippen LogP contribution in [0.4, 0.5) is 17.1 Å². The standard InChI is InChI=1S/C23H31N5O2/c1-5-26-20-16(11-24)8-9-19(21(20)25-4)28-12-17(15-6-7-15)10-18(13-28)27-23(30)22(29)14(2)3/h5,8-9,14-15,17-18,22,29H,4,6-7,10,12-13H2,1-3H3,(H,27,30)/b26-5-/t17?,18?,22-/m0/s1. The molecule has 160 valence electrons. The lowest BCUT2D eigenvalue weighted by molar-refractivity contribution is -0.132. The molecule has 1 saturated carbocycles. The molecule has 1 amide bonds. The Morgan fingerprint density at radius 1 is 1.33 bits per heavy atom. The monoisotopic (exact) mass is 409 g/mol. The van der Waals surface area contributed by atoms with Crippen molar-refractivity contribution in [1.82, 2.24) is 5.32 Å². The minimum Gasteiger partial charge on any atom is -0.383 e. The highest BCUT2D eigenvalue weighted by molar-refractivity contribution is 5.86. The Hall–Kier alpha value is -2.72. The number of benzene rings is 1. The summed E-state index contributed by atoms with van der Waals surface area (Å²) in [5, 5.41) is 22.6. The van der Waals surface area contributed by atoms with Crippen LogP contribution in [0, 0.1) is 29.1 Å². The fourth-order valence-electron chi connectivity index (χ4n) is 4.27. The van der Waals surface area contributed by atoms with E-state index in [0.717, 1.165) is 18.7 Å². The number of aliphatic hydroxyl groups excluding tert-OH is 1. The van der Waals surface area contributed by atoms with Crippen molar-refractivity contribution in [3.05, 3.63) is 17.7 Å². The first-order chi connectivity index (χ1) is 14.4. The Bertz CT molecular complexity index is 869. The average molecular weight is 410 g/mol. The van der Waals surface area contributed by atoms with Gasteiger partial charge in [-0.25, -0.2) is 0 Å². The first-order valence-corrected chi connectivity index (χ1v) is 10.6. The average Bonchev–Trinajstić information content (AvgIpc) is 3.58. The molecule has 1 heterocycles. The van der Waals surface area contributed by atoms with E-state index in [0.29, 0.717) is 35.3 Å². The van der Waals surface area contributed by atoms with Gasteiger partial charge in [0.05, 0.1) is 11.3 Å². The number of rotatable bonds is 7. The molecular formula is C23H31N5O2. The molecule has 0 radical (unpaired) electrons. The number of carbonyl (C=O) groups is 1. The normalized spacial score (nSPS) is 22.7. The van der Waals surface area contributed by atoms with E-state index in [1.165, 1.54) is 12.8 Å². The summed E-state index contributed by atoms with van der Waals surface area (Å²) in [6, 6.07) is 5.78. The SMILES string of the molecule is C=Nc1c(N2CC(NC(=O)[C@@H](O)C(C)C)CC(C3CC3)C2)ccc(C#N)c1/N=C\C. The predicted octanol–water partition coefficient (Wildman–Crippen LogP) is 3.35. The van der Waals surface area contributed by atoms with Crippen molar-refractivity contribution in [1.29, 1.82) is 5.26 Å². The van der Waals surface area contributed by atoms with Gasteiger partial charge in [-0.3, -0.25) is 14.8 Å². The molecule has 1 saturated heterocycles. The summed E-state index contributed by atoms with van der Waals surface area (Å²) in [5.41, 5.74) is 2.45. The lowest BCUT2D eigenvalue weighted by atomic mass is 9.89. The van der Waals surface area contributed by atoms with Gasteiger partial charge in [-0.2, -0.15) is 5.26 Å². The molecule has 2 aliphatic rings. The van der Waals surface area contributed by atoms with Gasteiger partial charge in [-0.05, 0) is 62.8 Å². The number of nitriles is 1. The molecule has 2 fully saturated rings. The number of aliphatic imine (C=N–C) groups is 2. The van der Waals surface area contributed by atoms with Crippen LogP contribution in [-0.4, -0.2) is 49.2 Å². The number of carbonyl (C=O) groups excluding carboxylic acids is 1. The van der Waals surface area contributed by atoms with E-state index < -0.39 is 6.10 Å². The number of nitrogens with one attached hydrogen (secondary N) is 1. The molecule has 3 rings (SSSR count). The molecule has 7 heteroatoms. The Labute approximate surface area is 178 Å². The quantitative estimate of drug-likeness (QED) is 0.674. The van der Waals surface area contributed by atoms with Gasteiger partial charge >= 0.3 is 0 Å². The maximum atomic E-state index is 12.5. The second-order valence-corrected chi connectivity index (χ2v) is 8.62. The van der Waals surface area contributed by atoms with Gasteiger partial charge in [-0.1, -0.05) is 13.8 Å². The number of anilines is 1. The first kappa shape index (κ1) is 22.0. The van der Waals surface area contributed by atoms with E-state index in [1.807, 2.05) is 19.9 Å². The molecule has 30 heavy (non-hydrogen) atoms. The molecule has 0 aromatic heterocycles. The molecule has 1 aromatic rings. The van der Waals surface area contributed by atoms with E-state index in [4.69, 9.17) is 0 Å². The number of aliphatic hydroxyl groups is 1. The Kier molecular flexibility index (Phi) is 6.88. The molecule has 3 atom stereocenters. The van der Waals surface area contributed by atoms with Crippen LogP contribution in [0.1, 0.15) is 45.6 Å². The molecule has 0 spiro atoms. The zero-order valence-corrected chi connectivity index (χ0v) is 18.0. The maximum Gasteiger partial charge on any atom is 0.249 e. The van der Waals surface area contributed by atoms with E-state index in [2.05, 4.69) is 33.0 Å². The van der Waals surface area contributed by atoms with Crippen molar-refractivity contribution in [2.75, 3.05) is 18.0 Å². The highest BCUT2D eigenvalue weighted by atomic mass is 16.3. The highest BCUT2D eigenvalue weighted by Crippen LogP contribution is 2.45. The summed E-state index contributed by atoms with van der Waals surface area (Å²) < 4.78 is 0. The summed E-state index contributed by atoms with van der Waals surface area (Å²) >= 11 is 0. The van der Waals surface area contributed by atoms with Crippen molar-refractivity contribution in [2.45, 2.75) is 52.2 Å². The summed E-state index contributed by atoms with van der Waals surface area (Å²) in [4.78, 5) is 23.3. The van der Waals surface area contributed by atoms with Crippen molar-refractivity contribution >= 4 is 35.9 Å². The molecule has 2 unspecified atom stereocenters. The highest BCUT2D eigenvalue weighted by Gasteiger charge is 2.39. The van der Waals surface area contributed by atoms with E-state index in [-0.39, 0.29) is 17.9 Å². The summed E-state index contributed by atoms with van der Waals surface area (Å²) in [7, 11) is 0. The van der Waals surface area contributed by atoms with E-state index in [1.54, 1.807) is 19.2 Å². The number of hydrogen-bond acceptors (Lipinski definition) is 6.